The number of hydrogen-bond acceptors (Lipinski definition) is 4. The number of aromatic nitrogens is 1. The molecular formula is C29H27F2N3O3S. The van der Waals surface area contributed by atoms with Crippen LogP contribution >= 0.6 is 11.3 Å². The second-order valence-corrected chi connectivity index (χ2v) is 10.6. The van der Waals surface area contributed by atoms with Crippen LogP contribution in [0.1, 0.15) is 46.1 Å². The smallest absolute Gasteiger partial charge is 0.322 e. The fraction of sp³-hybridized carbons (Fsp3) is 0.276. The molecule has 3 heterocycles. The highest BCUT2D eigenvalue weighted by molar-refractivity contribution is 7.15. The SMILES string of the molecule is COc1ccc(NC(=O)N2Cc3c(sc4c3CCCC4)-n3cccc3[C@H]2c2cc(F)cc(F)c2)cc1OC. The first kappa shape index (κ1) is 24.5. The quantitative estimate of drug-likeness (QED) is 0.311. The Morgan fingerprint density at radius 1 is 0.974 bits per heavy atom. The van der Waals surface area contributed by atoms with Crippen LogP contribution in [0.2, 0.25) is 0 Å². The third-order valence-electron chi connectivity index (χ3n) is 7.28. The van der Waals surface area contributed by atoms with Gasteiger partial charge in [0.1, 0.15) is 22.7 Å². The van der Waals surface area contributed by atoms with Crippen LogP contribution in [0, 0.1) is 11.6 Å². The Morgan fingerprint density at radius 3 is 2.50 bits per heavy atom. The third kappa shape index (κ3) is 4.20. The summed E-state index contributed by atoms with van der Waals surface area (Å²) in [6, 6.07) is 11.3. The number of halogens is 2. The fourth-order valence-corrected chi connectivity index (χ4v) is 6.98. The Morgan fingerprint density at radius 2 is 1.74 bits per heavy atom. The van der Waals surface area contributed by atoms with E-state index in [9.17, 15) is 13.6 Å². The van der Waals surface area contributed by atoms with Gasteiger partial charge in [-0.3, -0.25) is 0 Å². The molecule has 0 saturated heterocycles. The van der Waals surface area contributed by atoms with Crippen molar-refractivity contribution >= 4 is 23.1 Å². The number of nitrogens with one attached hydrogen (secondary N) is 1. The molecule has 9 heteroatoms. The Kier molecular flexibility index (Phi) is 6.31. The zero-order valence-corrected chi connectivity index (χ0v) is 21.9. The first-order valence-corrected chi connectivity index (χ1v) is 13.3. The lowest BCUT2D eigenvalue weighted by molar-refractivity contribution is 0.194. The molecular weight excluding hydrogens is 508 g/mol. The number of rotatable bonds is 4. The number of nitrogens with zero attached hydrogens (tertiary/aromatic N) is 2. The number of carbonyl (C=O) groups is 1. The van der Waals surface area contributed by atoms with Gasteiger partial charge in [0, 0.05) is 34.5 Å². The van der Waals surface area contributed by atoms with Gasteiger partial charge in [0.15, 0.2) is 11.5 Å². The maximum atomic E-state index is 14.5. The molecule has 0 saturated carbocycles. The number of ether oxygens (including phenoxy) is 2. The maximum absolute atomic E-state index is 14.5. The highest BCUT2D eigenvalue weighted by atomic mass is 32.1. The molecule has 1 aliphatic heterocycles. The van der Waals surface area contributed by atoms with Crippen molar-refractivity contribution in [3.63, 3.8) is 0 Å². The lowest BCUT2D eigenvalue weighted by atomic mass is 9.95. The van der Waals surface area contributed by atoms with Crippen molar-refractivity contribution in [2.75, 3.05) is 19.5 Å². The second kappa shape index (κ2) is 9.79. The van der Waals surface area contributed by atoms with Crippen molar-refractivity contribution in [3.05, 3.63) is 93.6 Å². The van der Waals surface area contributed by atoms with Crippen LogP contribution in [-0.4, -0.2) is 29.7 Å². The van der Waals surface area contributed by atoms with Gasteiger partial charge in [0.2, 0.25) is 0 Å². The molecule has 0 spiro atoms. The highest BCUT2D eigenvalue weighted by Gasteiger charge is 2.36. The number of urea groups is 1. The van der Waals surface area contributed by atoms with Gasteiger partial charge in [-0.15, -0.1) is 11.3 Å². The number of methoxy groups -OCH3 is 2. The van der Waals surface area contributed by atoms with Gasteiger partial charge >= 0.3 is 6.03 Å². The van der Waals surface area contributed by atoms with Crippen molar-refractivity contribution in [2.45, 2.75) is 38.3 Å². The van der Waals surface area contributed by atoms with E-state index in [-0.39, 0.29) is 6.03 Å². The third-order valence-corrected chi connectivity index (χ3v) is 8.61. The average molecular weight is 536 g/mol. The van der Waals surface area contributed by atoms with E-state index in [1.807, 2.05) is 18.3 Å². The molecule has 196 valence electrons. The molecule has 0 fully saturated rings. The van der Waals surface area contributed by atoms with E-state index in [2.05, 4.69) is 9.88 Å². The summed E-state index contributed by atoms with van der Waals surface area (Å²) in [6.07, 6.45) is 6.21. The molecule has 4 aromatic rings. The molecule has 6 nitrogen and oxygen atoms in total. The molecule has 2 aliphatic rings. The molecule has 1 aliphatic carbocycles. The van der Waals surface area contributed by atoms with Gasteiger partial charge in [0.25, 0.3) is 0 Å². The number of benzene rings is 2. The molecule has 0 bridgehead atoms. The van der Waals surface area contributed by atoms with Crippen molar-refractivity contribution in [1.82, 2.24) is 9.47 Å². The zero-order valence-electron chi connectivity index (χ0n) is 21.1. The Labute approximate surface area is 223 Å². The summed E-state index contributed by atoms with van der Waals surface area (Å²) in [6.45, 7) is 0.310. The molecule has 6 rings (SSSR count). The minimum absolute atomic E-state index is 0.310. The number of aryl methyl sites for hydroxylation is 1. The van der Waals surface area contributed by atoms with E-state index in [1.165, 1.54) is 29.7 Å². The minimum atomic E-state index is -0.714. The Bertz CT molecular complexity index is 1510. The topological polar surface area (TPSA) is 55.7 Å². The molecule has 1 N–H and O–H groups in total. The van der Waals surface area contributed by atoms with E-state index < -0.39 is 17.7 Å². The van der Waals surface area contributed by atoms with Crippen LogP contribution in [0.3, 0.4) is 0 Å². The summed E-state index contributed by atoms with van der Waals surface area (Å²) in [5.41, 5.74) is 4.06. The number of hydrogen-bond donors (Lipinski definition) is 1. The van der Waals surface area contributed by atoms with Crippen LogP contribution in [0.25, 0.3) is 5.00 Å². The number of fused-ring (bicyclic) bond motifs is 5. The first-order chi connectivity index (χ1) is 18.5. The van der Waals surface area contributed by atoms with E-state index in [0.29, 0.717) is 29.3 Å². The molecule has 0 radical (unpaired) electrons. The predicted molar refractivity (Wildman–Crippen MR) is 143 cm³/mol. The maximum Gasteiger partial charge on any atom is 0.322 e. The average Bonchev–Trinajstić information content (AvgIpc) is 3.49. The lowest BCUT2D eigenvalue weighted by Gasteiger charge is -2.31. The monoisotopic (exact) mass is 535 g/mol. The Balaban J connectivity index is 1.48. The van der Waals surface area contributed by atoms with Gasteiger partial charge in [-0.2, -0.15) is 0 Å². The molecule has 2 aromatic carbocycles. The van der Waals surface area contributed by atoms with Crippen LogP contribution in [0.5, 0.6) is 11.5 Å². The number of anilines is 1. The van der Waals surface area contributed by atoms with Gasteiger partial charge in [-0.1, -0.05) is 0 Å². The van der Waals surface area contributed by atoms with Crippen LogP contribution in [0.15, 0.2) is 54.7 Å². The van der Waals surface area contributed by atoms with E-state index in [4.69, 9.17) is 9.47 Å². The highest BCUT2D eigenvalue weighted by Crippen LogP contribution is 2.44. The predicted octanol–water partition coefficient (Wildman–Crippen LogP) is 6.85. The zero-order chi connectivity index (χ0) is 26.4. The number of thiophene rings is 1. The van der Waals surface area contributed by atoms with Gasteiger partial charge in [-0.05, 0) is 73.2 Å². The van der Waals surface area contributed by atoms with Crippen LogP contribution in [-0.2, 0) is 19.4 Å². The molecule has 2 aromatic heterocycles. The van der Waals surface area contributed by atoms with Crippen LogP contribution in [0.4, 0.5) is 19.3 Å². The minimum Gasteiger partial charge on any atom is -0.493 e. The van der Waals surface area contributed by atoms with Crippen molar-refractivity contribution in [3.8, 4) is 16.5 Å². The number of amides is 2. The summed E-state index contributed by atoms with van der Waals surface area (Å²) in [7, 11) is 3.08. The summed E-state index contributed by atoms with van der Waals surface area (Å²) in [5, 5.41) is 4.05. The van der Waals surface area contributed by atoms with E-state index >= 15 is 0 Å². The second-order valence-electron chi connectivity index (χ2n) is 9.53. The first-order valence-electron chi connectivity index (χ1n) is 12.5. The van der Waals surface area contributed by atoms with Gasteiger partial charge in [0.05, 0.1) is 26.5 Å². The summed E-state index contributed by atoms with van der Waals surface area (Å²) >= 11 is 1.75. The van der Waals surface area contributed by atoms with E-state index in [0.717, 1.165) is 48.0 Å². The molecule has 38 heavy (non-hydrogen) atoms. The summed E-state index contributed by atoms with van der Waals surface area (Å²) in [5.74, 6) is -0.349. The molecule has 2 amide bonds. The lowest BCUT2D eigenvalue weighted by Crippen LogP contribution is -2.38. The van der Waals surface area contributed by atoms with Crippen LogP contribution < -0.4 is 14.8 Å². The van der Waals surface area contributed by atoms with Crippen molar-refractivity contribution in [1.29, 1.82) is 0 Å². The number of carbonyl (C=O) groups excluding carboxylic acids is 1. The van der Waals surface area contributed by atoms with Gasteiger partial charge in [-0.25, -0.2) is 13.6 Å². The molecule has 1 atom stereocenters. The summed E-state index contributed by atoms with van der Waals surface area (Å²) < 4.78 is 41.7. The van der Waals surface area contributed by atoms with E-state index in [1.54, 1.807) is 41.5 Å². The fourth-order valence-electron chi connectivity index (χ4n) is 5.58. The van der Waals surface area contributed by atoms with Gasteiger partial charge < -0.3 is 24.3 Å². The van der Waals surface area contributed by atoms with Crippen molar-refractivity contribution < 1.29 is 23.0 Å². The summed E-state index contributed by atoms with van der Waals surface area (Å²) in [4.78, 5) is 17.0. The molecule has 0 unspecified atom stereocenters. The largest absolute Gasteiger partial charge is 0.493 e. The Hall–Kier alpha value is -3.85. The normalized spacial score (nSPS) is 16.2. The standard InChI is InChI=1S/C29H27F2N3O3S/c1-36-24-10-9-20(15-25(24)37-2)32-29(35)34-16-22-21-6-3-4-8-26(21)38-28(22)33-11-5-7-23(33)27(34)17-12-18(30)14-19(31)13-17/h5,7,9-15,27H,3-4,6,8,16H2,1-2H3,(H,32,35)/t27-/m1/s1. The van der Waals surface area contributed by atoms with Crippen molar-refractivity contribution in [2.24, 2.45) is 0 Å².